The molecule has 0 saturated carbocycles. The summed E-state index contributed by atoms with van der Waals surface area (Å²) >= 11 is 1.39. The Morgan fingerprint density at radius 2 is 1.81 bits per heavy atom. The van der Waals surface area contributed by atoms with Crippen LogP contribution in [-0.4, -0.2) is 27.3 Å². The fourth-order valence-corrected chi connectivity index (χ4v) is 4.73. The Balaban J connectivity index is 2.24. The molecule has 1 heterocycles. The number of carbonyl (C=O) groups excluding carboxylic acids is 1. The van der Waals surface area contributed by atoms with E-state index >= 15 is 0 Å². The highest BCUT2D eigenvalue weighted by Crippen LogP contribution is 2.26. The second kappa shape index (κ2) is 11.7. The number of unbranched alkanes of at least 4 members (excludes halogenated alkanes) is 1. The number of aryl methyl sites for hydroxylation is 1. The first kappa shape index (κ1) is 26.2. The number of hydrogen-bond acceptors (Lipinski definition) is 4. The molecular formula is C26H39N3O2S. The van der Waals surface area contributed by atoms with E-state index < -0.39 is 0 Å². The van der Waals surface area contributed by atoms with Crippen LogP contribution in [0.15, 0.2) is 34.2 Å². The van der Waals surface area contributed by atoms with Crippen LogP contribution in [0.1, 0.15) is 82.7 Å². The van der Waals surface area contributed by atoms with Crippen molar-refractivity contribution in [2.45, 2.75) is 89.5 Å². The summed E-state index contributed by atoms with van der Waals surface area (Å²) in [6.07, 6.45) is 4.21. The summed E-state index contributed by atoms with van der Waals surface area (Å²) in [5.41, 5.74) is 3.87. The van der Waals surface area contributed by atoms with Crippen molar-refractivity contribution in [2.24, 2.45) is 7.05 Å². The summed E-state index contributed by atoms with van der Waals surface area (Å²) in [6.45, 7) is 13.3. The summed E-state index contributed by atoms with van der Waals surface area (Å²) < 4.78 is 1.60. The summed E-state index contributed by atoms with van der Waals surface area (Å²) in [6, 6.07) is 8.47. The van der Waals surface area contributed by atoms with Crippen LogP contribution >= 0.6 is 11.8 Å². The molecule has 2 aromatic rings. The lowest BCUT2D eigenvalue weighted by Gasteiger charge is -2.19. The average molecular weight is 458 g/mol. The van der Waals surface area contributed by atoms with Crippen LogP contribution < -0.4 is 10.9 Å². The van der Waals surface area contributed by atoms with E-state index in [-0.39, 0.29) is 22.1 Å². The Morgan fingerprint density at radius 1 is 1.16 bits per heavy atom. The fourth-order valence-electron chi connectivity index (χ4n) is 3.50. The fraction of sp³-hybridized carbons (Fsp3) is 0.577. The Labute approximate surface area is 197 Å². The second-order valence-electron chi connectivity index (χ2n) is 9.49. The van der Waals surface area contributed by atoms with E-state index in [1.807, 2.05) is 6.92 Å². The molecule has 1 atom stereocenters. The van der Waals surface area contributed by atoms with Gasteiger partial charge in [0.2, 0.25) is 5.91 Å². The van der Waals surface area contributed by atoms with Gasteiger partial charge in [0.05, 0.1) is 5.25 Å². The number of benzene rings is 1. The van der Waals surface area contributed by atoms with Gasteiger partial charge in [-0.2, -0.15) is 0 Å². The maximum absolute atomic E-state index is 13.2. The first-order chi connectivity index (χ1) is 15.1. The zero-order valence-corrected chi connectivity index (χ0v) is 21.6. The van der Waals surface area contributed by atoms with Crippen molar-refractivity contribution in [1.29, 1.82) is 0 Å². The Hall–Kier alpha value is -2.08. The van der Waals surface area contributed by atoms with Gasteiger partial charge in [0.15, 0.2) is 5.16 Å². The van der Waals surface area contributed by atoms with Gasteiger partial charge in [0.25, 0.3) is 5.56 Å². The number of nitrogens with zero attached hydrogens (tertiary/aromatic N) is 2. The minimum absolute atomic E-state index is 0.0280. The highest BCUT2D eigenvalue weighted by molar-refractivity contribution is 8.00. The molecule has 32 heavy (non-hydrogen) atoms. The number of thioether (sulfide) groups is 1. The molecule has 0 aliphatic carbocycles. The van der Waals surface area contributed by atoms with Crippen LogP contribution in [0.3, 0.4) is 0 Å². The molecule has 5 nitrogen and oxygen atoms in total. The Morgan fingerprint density at radius 3 is 2.38 bits per heavy atom. The zero-order valence-electron chi connectivity index (χ0n) is 20.7. The molecule has 0 fully saturated rings. The third kappa shape index (κ3) is 6.96. The average Bonchev–Trinajstić information content (AvgIpc) is 2.74. The van der Waals surface area contributed by atoms with Crippen LogP contribution in [0.4, 0.5) is 0 Å². The van der Waals surface area contributed by atoms with E-state index in [0.29, 0.717) is 23.7 Å². The Bertz CT molecular complexity index is 959. The molecule has 6 heteroatoms. The molecule has 0 radical (unpaired) electrons. The smallest absolute Gasteiger partial charge is 0.257 e. The van der Waals surface area contributed by atoms with Crippen LogP contribution in [0, 0.1) is 6.92 Å². The van der Waals surface area contributed by atoms with Gasteiger partial charge in [0, 0.05) is 31.3 Å². The molecule has 0 aliphatic heterocycles. The molecule has 0 bridgehead atoms. The van der Waals surface area contributed by atoms with Gasteiger partial charge in [-0.1, -0.05) is 83.5 Å². The third-order valence-electron chi connectivity index (χ3n) is 5.67. The van der Waals surface area contributed by atoms with E-state index in [4.69, 9.17) is 4.98 Å². The molecule has 1 unspecified atom stereocenters. The largest absolute Gasteiger partial charge is 0.355 e. The first-order valence-corrected chi connectivity index (χ1v) is 12.6. The predicted molar refractivity (Wildman–Crippen MR) is 135 cm³/mol. The molecular weight excluding hydrogens is 418 g/mol. The van der Waals surface area contributed by atoms with Crippen molar-refractivity contribution >= 4 is 17.7 Å². The molecule has 0 spiro atoms. The summed E-state index contributed by atoms with van der Waals surface area (Å²) in [5.74, 6) is 0.0280. The molecule has 1 aromatic heterocycles. The van der Waals surface area contributed by atoms with Gasteiger partial charge in [-0.15, -0.1) is 0 Å². The van der Waals surface area contributed by atoms with Gasteiger partial charge in [-0.05, 0) is 36.3 Å². The highest BCUT2D eigenvalue weighted by atomic mass is 32.2. The zero-order chi connectivity index (χ0) is 23.9. The van der Waals surface area contributed by atoms with Crippen LogP contribution in [-0.2, 0) is 23.7 Å². The van der Waals surface area contributed by atoms with Gasteiger partial charge in [0.1, 0.15) is 0 Å². The molecule has 0 saturated heterocycles. The van der Waals surface area contributed by atoms with E-state index in [9.17, 15) is 9.59 Å². The summed E-state index contributed by atoms with van der Waals surface area (Å²) in [5, 5.41) is 3.38. The van der Waals surface area contributed by atoms with Gasteiger partial charge < -0.3 is 5.32 Å². The SMILES string of the molecule is CCCCNC(=O)C(CCC)Sc1nc(C)c(Cc2ccc(C(C)(C)C)cc2)c(=O)n1C. The number of rotatable bonds is 10. The molecule has 176 valence electrons. The quantitative estimate of drug-likeness (QED) is 0.304. The second-order valence-corrected chi connectivity index (χ2v) is 10.7. The third-order valence-corrected chi connectivity index (χ3v) is 6.98. The molecule has 0 aliphatic rings. The monoisotopic (exact) mass is 457 g/mol. The van der Waals surface area contributed by atoms with E-state index in [1.54, 1.807) is 11.6 Å². The number of aromatic nitrogens is 2. The van der Waals surface area contributed by atoms with Crippen molar-refractivity contribution in [3.05, 3.63) is 57.0 Å². The van der Waals surface area contributed by atoms with Gasteiger partial charge in [-0.25, -0.2) is 4.98 Å². The first-order valence-electron chi connectivity index (χ1n) is 11.7. The normalized spacial score (nSPS) is 12.6. The summed E-state index contributed by atoms with van der Waals surface area (Å²) in [4.78, 5) is 30.6. The number of hydrogen-bond donors (Lipinski definition) is 1. The number of carbonyl (C=O) groups is 1. The lowest BCUT2D eigenvalue weighted by molar-refractivity contribution is -0.120. The van der Waals surface area contributed by atoms with Crippen LogP contribution in [0.25, 0.3) is 0 Å². The van der Waals surface area contributed by atoms with Crippen molar-refractivity contribution < 1.29 is 4.79 Å². The lowest BCUT2D eigenvalue weighted by atomic mass is 9.86. The predicted octanol–water partition coefficient (Wildman–Crippen LogP) is 5.15. The molecule has 2 rings (SSSR count). The van der Waals surface area contributed by atoms with Crippen molar-refractivity contribution in [1.82, 2.24) is 14.9 Å². The van der Waals surface area contributed by atoms with E-state index in [0.717, 1.165) is 36.9 Å². The topological polar surface area (TPSA) is 64.0 Å². The molecule has 1 aromatic carbocycles. The maximum Gasteiger partial charge on any atom is 0.257 e. The molecule has 1 N–H and O–H groups in total. The molecule has 1 amide bonds. The lowest BCUT2D eigenvalue weighted by Crippen LogP contribution is -2.34. The standard InChI is InChI=1S/C26H39N3O2S/c1-8-10-16-27-23(30)22(11-9-2)32-25-28-18(3)21(24(31)29(25)7)17-19-12-14-20(15-13-19)26(4,5)6/h12-15,22H,8-11,16-17H2,1-7H3,(H,27,30). The van der Waals surface area contributed by atoms with Gasteiger partial charge in [-0.3, -0.25) is 14.2 Å². The maximum atomic E-state index is 13.2. The number of amides is 1. The van der Waals surface area contributed by atoms with E-state index in [2.05, 4.69) is 64.2 Å². The van der Waals surface area contributed by atoms with E-state index in [1.165, 1.54) is 17.3 Å². The minimum Gasteiger partial charge on any atom is -0.355 e. The van der Waals surface area contributed by atoms with Crippen LogP contribution in [0.5, 0.6) is 0 Å². The number of nitrogens with one attached hydrogen (secondary N) is 1. The van der Waals surface area contributed by atoms with Crippen molar-refractivity contribution in [2.75, 3.05) is 6.54 Å². The van der Waals surface area contributed by atoms with Crippen molar-refractivity contribution in [3.8, 4) is 0 Å². The minimum atomic E-state index is -0.245. The Kier molecular flexibility index (Phi) is 9.56. The summed E-state index contributed by atoms with van der Waals surface area (Å²) in [7, 11) is 1.75. The van der Waals surface area contributed by atoms with Crippen LogP contribution in [0.2, 0.25) is 0 Å². The van der Waals surface area contributed by atoms with Crippen molar-refractivity contribution in [3.63, 3.8) is 0 Å². The highest BCUT2D eigenvalue weighted by Gasteiger charge is 2.22. The van der Waals surface area contributed by atoms with Gasteiger partial charge >= 0.3 is 0 Å².